The molecule has 0 aromatic heterocycles. The number of aliphatic carboxylic acids is 1. The number of carbonyl (C=O) groups is 3. The maximum absolute atomic E-state index is 13.1. The summed E-state index contributed by atoms with van der Waals surface area (Å²) in [5.74, 6) is -0.863. The van der Waals surface area contributed by atoms with Gasteiger partial charge in [0.15, 0.2) is 0 Å². The second kappa shape index (κ2) is 9.13. The Morgan fingerprint density at radius 3 is 2.67 bits per heavy atom. The molecule has 176 valence electrons. The fraction of sp³-hybridized carbons (Fsp3) is 0.583. The molecule has 2 aliphatic carbocycles. The van der Waals surface area contributed by atoms with Gasteiger partial charge in [-0.05, 0) is 36.5 Å². The Labute approximate surface area is 193 Å². The van der Waals surface area contributed by atoms with Crippen molar-refractivity contribution in [3.8, 4) is 0 Å². The maximum Gasteiger partial charge on any atom is 0.325 e. The Bertz CT molecular complexity index is 967. The minimum atomic E-state index is -0.822. The highest BCUT2D eigenvalue weighted by Crippen LogP contribution is 2.35. The van der Waals surface area contributed by atoms with Crippen molar-refractivity contribution in [2.24, 2.45) is 11.0 Å². The van der Waals surface area contributed by atoms with Crippen molar-refractivity contribution in [2.45, 2.75) is 50.5 Å². The lowest BCUT2D eigenvalue weighted by atomic mass is 9.84. The number of likely N-dealkylation sites (tertiary alicyclic amines) is 1. The normalized spacial score (nSPS) is 25.4. The molecule has 1 aromatic rings. The second-order valence-electron chi connectivity index (χ2n) is 9.64. The number of carboxylic acids is 1. The highest BCUT2D eigenvalue weighted by atomic mass is 16.4. The van der Waals surface area contributed by atoms with E-state index in [-0.39, 0.29) is 30.4 Å². The Balaban J connectivity index is 1.12. The highest BCUT2D eigenvalue weighted by Gasteiger charge is 2.45. The molecule has 33 heavy (non-hydrogen) atoms. The predicted octanol–water partition coefficient (Wildman–Crippen LogP) is 2.24. The zero-order valence-electron chi connectivity index (χ0n) is 18.8. The average molecular weight is 454 g/mol. The van der Waals surface area contributed by atoms with Crippen molar-refractivity contribution in [2.75, 3.05) is 37.6 Å². The number of anilines is 1. The first-order valence-electron chi connectivity index (χ1n) is 12.0. The number of hydrogen-bond donors (Lipinski definition) is 2. The number of benzene rings is 1. The summed E-state index contributed by atoms with van der Waals surface area (Å²) in [6, 6.07) is 8.40. The molecule has 1 atom stereocenters. The summed E-state index contributed by atoms with van der Waals surface area (Å²) in [5, 5.41) is 13.1. The van der Waals surface area contributed by atoms with Crippen LogP contribution in [0.1, 0.15) is 50.0 Å². The lowest BCUT2D eigenvalue weighted by Crippen LogP contribution is -2.53. The number of carboxylic acid groups (broad SMARTS) is 1. The third kappa shape index (κ3) is 4.73. The summed E-state index contributed by atoms with van der Waals surface area (Å²) in [6.07, 6.45) is 7.03. The third-order valence-electron chi connectivity index (χ3n) is 7.30. The molecule has 4 aliphatic rings. The average Bonchev–Trinajstić information content (AvgIpc) is 3.47. The summed E-state index contributed by atoms with van der Waals surface area (Å²) in [5.41, 5.74) is 5.66. The van der Waals surface area contributed by atoms with E-state index in [1.165, 1.54) is 37.7 Å². The van der Waals surface area contributed by atoms with E-state index in [4.69, 9.17) is 5.11 Å². The fourth-order valence-corrected chi connectivity index (χ4v) is 5.24. The van der Waals surface area contributed by atoms with Crippen LogP contribution in [0, 0.1) is 5.92 Å². The Hall–Kier alpha value is -2.94. The molecule has 2 N–H and O–H groups in total. The molecule has 0 bridgehead atoms. The SMILES string of the molecule is O=C(CN1CC(C(=O)O)C1)N/N=C1\CC1N1CCN(c2cccc(C3CCCCC3)c2)C1=O. The van der Waals surface area contributed by atoms with Gasteiger partial charge >= 0.3 is 12.0 Å². The van der Waals surface area contributed by atoms with E-state index in [2.05, 4.69) is 28.7 Å². The van der Waals surface area contributed by atoms with Gasteiger partial charge in [0.1, 0.15) is 0 Å². The van der Waals surface area contributed by atoms with Gasteiger partial charge in [-0.2, -0.15) is 5.10 Å². The third-order valence-corrected chi connectivity index (χ3v) is 7.30. The van der Waals surface area contributed by atoms with Gasteiger partial charge < -0.3 is 10.0 Å². The molecule has 5 rings (SSSR count). The van der Waals surface area contributed by atoms with Crippen LogP contribution in [-0.2, 0) is 9.59 Å². The Morgan fingerprint density at radius 2 is 1.91 bits per heavy atom. The summed E-state index contributed by atoms with van der Waals surface area (Å²) in [4.78, 5) is 41.5. The standard InChI is InChI=1S/C24H31N5O4/c30-22(15-27-13-18(14-27)23(31)32)26-25-20-12-21(20)29-10-9-28(24(29)33)19-8-4-7-17(11-19)16-5-2-1-3-6-16/h4,7-8,11,16,18,21H,1-3,5-6,9-10,12-15H2,(H,26,30)(H,31,32)/b25-20+. The van der Waals surface area contributed by atoms with E-state index in [0.29, 0.717) is 38.5 Å². The lowest BCUT2D eigenvalue weighted by Gasteiger charge is -2.35. The van der Waals surface area contributed by atoms with Gasteiger partial charge in [0.05, 0.1) is 24.2 Å². The molecule has 0 spiro atoms. The zero-order valence-corrected chi connectivity index (χ0v) is 18.8. The van der Waals surface area contributed by atoms with Gasteiger partial charge in [-0.25, -0.2) is 10.2 Å². The number of urea groups is 1. The van der Waals surface area contributed by atoms with Crippen molar-refractivity contribution in [3.63, 3.8) is 0 Å². The van der Waals surface area contributed by atoms with E-state index in [0.717, 1.165) is 11.4 Å². The molecule has 2 saturated carbocycles. The number of hydrogen-bond acceptors (Lipinski definition) is 5. The van der Waals surface area contributed by atoms with E-state index >= 15 is 0 Å². The quantitative estimate of drug-likeness (QED) is 0.616. The molecule has 2 saturated heterocycles. The Morgan fingerprint density at radius 1 is 1.12 bits per heavy atom. The smallest absolute Gasteiger partial charge is 0.325 e. The van der Waals surface area contributed by atoms with E-state index in [1.54, 1.807) is 4.90 Å². The van der Waals surface area contributed by atoms with Crippen molar-refractivity contribution < 1.29 is 19.5 Å². The first-order chi connectivity index (χ1) is 16.0. The molecule has 3 amide bonds. The van der Waals surface area contributed by atoms with Crippen LogP contribution >= 0.6 is 0 Å². The molecule has 2 aliphatic heterocycles. The van der Waals surface area contributed by atoms with Crippen molar-refractivity contribution in [3.05, 3.63) is 29.8 Å². The van der Waals surface area contributed by atoms with Crippen LogP contribution in [0.2, 0.25) is 0 Å². The molecule has 9 heteroatoms. The minimum absolute atomic E-state index is 0.00221. The second-order valence-corrected chi connectivity index (χ2v) is 9.64. The number of nitrogens with one attached hydrogen (secondary N) is 1. The van der Waals surface area contributed by atoms with Gasteiger partial charge in [-0.1, -0.05) is 31.4 Å². The van der Waals surface area contributed by atoms with Crippen LogP contribution in [0.15, 0.2) is 29.4 Å². The molecule has 4 fully saturated rings. The molecule has 9 nitrogen and oxygen atoms in total. The Kier molecular flexibility index (Phi) is 6.05. The number of nitrogens with zero attached hydrogens (tertiary/aromatic N) is 4. The van der Waals surface area contributed by atoms with Crippen LogP contribution in [0.3, 0.4) is 0 Å². The summed E-state index contributed by atoms with van der Waals surface area (Å²) >= 11 is 0. The van der Waals surface area contributed by atoms with E-state index in [1.807, 2.05) is 15.9 Å². The topological polar surface area (TPSA) is 106 Å². The van der Waals surface area contributed by atoms with Crippen molar-refractivity contribution in [1.82, 2.24) is 15.2 Å². The highest BCUT2D eigenvalue weighted by molar-refractivity contribution is 6.09. The first-order valence-corrected chi connectivity index (χ1v) is 12.0. The van der Waals surface area contributed by atoms with Crippen LogP contribution in [-0.4, -0.2) is 77.3 Å². The monoisotopic (exact) mass is 453 g/mol. The number of hydrazone groups is 1. The summed E-state index contributed by atoms with van der Waals surface area (Å²) in [6.45, 7) is 2.22. The largest absolute Gasteiger partial charge is 0.481 e. The first kappa shape index (κ1) is 21.9. The van der Waals surface area contributed by atoms with Gasteiger partial charge in [0, 0.05) is 38.3 Å². The van der Waals surface area contributed by atoms with Gasteiger partial charge in [0.25, 0.3) is 5.91 Å². The maximum atomic E-state index is 13.1. The number of carbonyl (C=O) groups excluding carboxylic acids is 2. The number of rotatable bonds is 7. The predicted molar refractivity (Wildman–Crippen MR) is 123 cm³/mol. The zero-order chi connectivity index (χ0) is 22.9. The fourth-order valence-electron chi connectivity index (χ4n) is 5.24. The molecular weight excluding hydrogens is 422 g/mol. The van der Waals surface area contributed by atoms with Crippen LogP contribution in [0.25, 0.3) is 0 Å². The van der Waals surface area contributed by atoms with Gasteiger partial charge in [-0.15, -0.1) is 0 Å². The number of amides is 3. The van der Waals surface area contributed by atoms with Gasteiger partial charge in [0.2, 0.25) is 0 Å². The molecule has 1 aromatic carbocycles. The van der Waals surface area contributed by atoms with Gasteiger partial charge in [-0.3, -0.25) is 19.4 Å². The molecule has 1 unspecified atom stereocenters. The van der Waals surface area contributed by atoms with E-state index < -0.39 is 5.97 Å². The lowest BCUT2D eigenvalue weighted by molar-refractivity contribution is -0.148. The van der Waals surface area contributed by atoms with Crippen LogP contribution < -0.4 is 10.3 Å². The molecular formula is C24H31N5O4. The van der Waals surface area contributed by atoms with Crippen molar-refractivity contribution in [1.29, 1.82) is 0 Å². The van der Waals surface area contributed by atoms with Crippen LogP contribution in [0.4, 0.5) is 10.5 Å². The minimum Gasteiger partial charge on any atom is -0.481 e. The van der Waals surface area contributed by atoms with Crippen molar-refractivity contribution >= 4 is 29.3 Å². The summed E-state index contributed by atoms with van der Waals surface area (Å²) in [7, 11) is 0. The van der Waals surface area contributed by atoms with Crippen LogP contribution in [0.5, 0.6) is 0 Å². The molecule has 0 radical (unpaired) electrons. The summed E-state index contributed by atoms with van der Waals surface area (Å²) < 4.78 is 0. The van der Waals surface area contributed by atoms with E-state index in [9.17, 15) is 14.4 Å². The molecule has 2 heterocycles.